The minimum Gasteiger partial charge on any atom is -0.255 e. The Kier molecular flexibility index (Phi) is 4.49. The maximum absolute atomic E-state index is 12.8. The monoisotopic (exact) mass is 392 g/mol. The first kappa shape index (κ1) is 17.8. The highest BCUT2D eigenvalue weighted by molar-refractivity contribution is 7.84. The van der Waals surface area contributed by atoms with E-state index < -0.39 is 10.8 Å². The predicted octanol–water partition coefficient (Wildman–Crippen LogP) is 7.06. The van der Waals surface area contributed by atoms with Crippen molar-refractivity contribution in [2.75, 3.05) is 6.26 Å². The second-order valence-electron chi connectivity index (χ2n) is 7.19. The van der Waals surface area contributed by atoms with Crippen molar-refractivity contribution >= 4 is 32.3 Å². The maximum atomic E-state index is 12.8. The lowest BCUT2D eigenvalue weighted by atomic mass is 9.87. The zero-order valence-corrected chi connectivity index (χ0v) is 16.9. The smallest absolute Gasteiger partial charge is 0.0504 e. The molecule has 0 radical (unpaired) electrons. The summed E-state index contributed by atoms with van der Waals surface area (Å²) in [6.07, 6.45) is 1.76. The molecule has 0 amide bonds. The normalized spacial score (nSPS) is 12.3. The van der Waals surface area contributed by atoms with E-state index in [0.717, 1.165) is 37.9 Å². The van der Waals surface area contributed by atoms with Crippen molar-refractivity contribution in [3.8, 4) is 22.3 Å². The Balaban J connectivity index is 2.01. The summed E-state index contributed by atoms with van der Waals surface area (Å²) in [5.41, 5.74) is 4.54. The Labute approximate surface area is 173 Å². The molecule has 1 nitrogen and oxygen atoms in total. The van der Waals surface area contributed by atoms with Crippen LogP contribution < -0.4 is 0 Å². The summed E-state index contributed by atoms with van der Waals surface area (Å²) in [6, 6.07) is 35.7. The van der Waals surface area contributed by atoms with Crippen LogP contribution in [0, 0.1) is 0 Å². The van der Waals surface area contributed by atoms with Gasteiger partial charge in [0, 0.05) is 16.7 Å². The molecule has 0 saturated carbocycles. The molecule has 0 bridgehead atoms. The van der Waals surface area contributed by atoms with Crippen LogP contribution in [-0.2, 0) is 10.8 Å². The highest BCUT2D eigenvalue weighted by Crippen LogP contribution is 2.43. The molecule has 1 atom stereocenters. The Hall–Kier alpha value is -3.23. The molecule has 1 unspecified atom stereocenters. The van der Waals surface area contributed by atoms with E-state index in [0.29, 0.717) is 0 Å². The summed E-state index contributed by atoms with van der Waals surface area (Å²) in [7, 11) is -1.10. The largest absolute Gasteiger partial charge is 0.255 e. The summed E-state index contributed by atoms with van der Waals surface area (Å²) in [4.78, 5) is 0.872. The van der Waals surface area contributed by atoms with Gasteiger partial charge in [-0.05, 0) is 44.3 Å². The van der Waals surface area contributed by atoms with Gasteiger partial charge in [-0.1, -0.05) is 97.1 Å². The van der Waals surface area contributed by atoms with Crippen molar-refractivity contribution in [3.05, 3.63) is 103 Å². The van der Waals surface area contributed by atoms with Gasteiger partial charge in [0.1, 0.15) is 0 Å². The van der Waals surface area contributed by atoms with Crippen molar-refractivity contribution in [1.29, 1.82) is 0 Å². The standard InChI is InChI=1S/C27H20OS/c1-29(28)25-18-16-21-12-6-8-14-23(21)27(25)26-22-13-7-5-11-20(22)15-17-24(26)19-9-3-2-4-10-19/h2-18H,1H3. The van der Waals surface area contributed by atoms with Crippen molar-refractivity contribution < 1.29 is 4.21 Å². The lowest BCUT2D eigenvalue weighted by Gasteiger charge is -2.18. The van der Waals surface area contributed by atoms with E-state index in [9.17, 15) is 4.21 Å². The lowest BCUT2D eigenvalue weighted by Crippen LogP contribution is -1.97. The molecule has 140 valence electrons. The summed E-state index contributed by atoms with van der Waals surface area (Å²) in [6.45, 7) is 0. The number of fused-ring (bicyclic) bond motifs is 2. The quantitative estimate of drug-likeness (QED) is 0.321. The van der Waals surface area contributed by atoms with Gasteiger partial charge in [0.05, 0.1) is 10.8 Å². The molecule has 5 aromatic rings. The Bertz CT molecular complexity index is 1370. The van der Waals surface area contributed by atoms with Gasteiger partial charge in [0.25, 0.3) is 0 Å². The Morgan fingerprint density at radius 2 is 1.10 bits per heavy atom. The van der Waals surface area contributed by atoms with E-state index in [-0.39, 0.29) is 0 Å². The molecule has 0 aliphatic rings. The third kappa shape index (κ3) is 3.06. The lowest BCUT2D eigenvalue weighted by molar-refractivity contribution is 0.687. The van der Waals surface area contributed by atoms with Gasteiger partial charge in [-0.15, -0.1) is 0 Å². The fraction of sp³-hybridized carbons (Fsp3) is 0.0370. The fourth-order valence-electron chi connectivity index (χ4n) is 4.15. The number of benzene rings is 5. The van der Waals surface area contributed by atoms with Gasteiger partial charge in [0.15, 0.2) is 0 Å². The van der Waals surface area contributed by atoms with Gasteiger partial charge >= 0.3 is 0 Å². The van der Waals surface area contributed by atoms with Crippen molar-refractivity contribution in [1.82, 2.24) is 0 Å². The van der Waals surface area contributed by atoms with Crippen molar-refractivity contribution in [3.63, 3.8) is 0 Å². The van der Waals surface area contributed by atoms with E-state index in [2.05, 4.69) is 91.0 Å². The predicted molar refractivity (Wildman–Crippen MR) is 125 cm³/mol. The molecule has 0 spiro atoms. The number of rotatable bonds is 3. The van der Waals surface area contributed by atoms with E-state index in [1.807, 2.05) is 12.1 Å². The summed E-state index contributed by atoms with van der Waals surface area (Å²) >= 11 is 0. The Morgan fingerprint density at radius 1 is 0.552 bits per heavy atom. The van der Waals surface area contributed by atoms with Gasteiger partial charge in [-0.25, -0.2) is 0 Å². The van der Waals surface area contributed by atoms with Crippen LogP contribution in [-0.4, -0.2) is 10.5 Å². The first-order chi connectivity index (χ1) is 14.2. The third-order valence-corrected chi connectivity index (χ3v) is 6.42. The van der Waals surface area contributed by atoms with E-state index >= 15 is 0 Å². The fourth-order valence-corrected chi connectivity index (χ4v) is 4.91. The SMILES string of the molecule is CS(=O)c1ccc2ccccc2c1-c1c(-c2ccccc2)ccc2ccccc12. The first-order valence-electron chi connectivity index (χ1n) is 9.67. The van der Waals surface area contributed by atoms with Gasteiger partial charge in [-0.3, -0.25) is 4.21 Å². The summed E-state index contributed by atoms with van der Waals surface area (Å²) < 4.78 is 12.8. The molecule has 29 heavy (non-hydrogen) atoms. The van der Waals surface area contributed by atoms with Gasteiger partial charge in [-0.2, -0.15) is 0 Å². The minimum absolute atomic E-state index is 0.872. The molecule has 0 N–H and O–H groups in total. The second-order valence-corrected chi connectivity index (χ2v) is 8.54. The molecular weight excluding hydrogens is 372 g/mol. The zero-order chi connectivity index (χ0) is 19.8. The van der Waals surface area contributed by atoms with Crippen LogP contribution >= 0.6 is 0 Å². The van der Waals surface area contributed by atoms with E-state index in [1.54, 1.807) is 6.26 Å². The highest BCUT2D eigenvalue weighted by atomic mass is 32.2. The van der Waals surface area contributed by atoms with Crippen molar-refractivity contribution in [2.24, 2.45) is 0 Å². The maximum Gasteiger partial charge on any atom is 0.0504 e. The highest BCUT2D eigenvalue weighted by Gasteiger charge is 2.19. The molecular formula is C27H20OS. The molecule has 0 aromatic heterocycles. The van der Waals surface area contributed by atoms with Crippen molar-refractivity contribution in [2.45, 2.75) is 4.90 Å². The van der Waals surface area contributed by atoms with Crippen LogP contribution in [0.1, 0.15) is 0 Å². The van der Waals surface area contributed by atoms with Crippen LogP contribution in [0.5, 0.6) is 0 Å². The van der Waals surface area contributed by atoms with Crippen LogP contribution in [0.4, 0.5) is 0 Å². The molecule has 0 fully saturated rings. The minimum atomic E-state index is -1.10. The van der Waals surface area contributed by atoms with E-state index in [1.165, 1.54) is 10.8 Å². The molecule has 5 aromatic carbocycles. The van der Waals surface area contributed by atoms with Crippen LogP contribution in [0.15, 0.2) is 108 Å². The Morgan fingerprint density at radius 3 is 1.76 bits per heavy atom. The first-order valence-corrected chi connectivity index (χ1v) is 11.2. The van der Waals surface area contributed by atoms with Gasteiger partial charge < -0.3 is 0 Å². The number of hydrogen-bond donors (Lipinski definition) is 0. The van der Waals surface area contributed by atoms with Crippen LogP contribution in [0.25, 0.3) is 43.8 Å². The molecule has 2 heteroatoms. The number of hydrogen-bond acceptors (Lipinski definition) is 1. The summed E-state index contributed by atoms with van der Waals surface area (Å²) in [5.74, 6) is 0. The second kappa shape index (κ2) is 7.31. The molecule has 5 rings (SSSR count). The molecule has 0 aliphatic heterocycles. The molecule has 0 heterocycles. The van der Waals surface area contributed by atoms with Gasteiger partial charge in [0.2, 0.25) is 0 Å². The molecule has 0 saturated heterocycles. The zero-order valence-electron chi connectivity index (χ0n) is 16.1. The topological polar surface area (TPSA) is 17.1 Å². The third-order valence-electron chi connectivity index (χ3n) is 5.46. The average Bonchev–Trinajstić information content (AvgIpc) is 2.78. The average molecular weight is 393 g/mol. The molecule has 0 aliphatic carbocycles. The van der Waals surface area contributed by atoms with Crippen LogP contribution in [0.2, 0.25) is 0 Å². The van der Waals surface area contributed by atoms with E-state index in [4.69, 9.17) is 0 Å². The van der Waals surface area contributed by atoms with Crippen LogP contribution in [0.3, 0.4) is 0 Å². The summed E-state index contributed by atoms with van der Waals surface area (Å²) in [5, 5.41) is 4.65.